The van der Waals surface area contributed by atoms with Crippen LogP contribution in [0.4, 0.5) is 4.39 Å². The molecule has 0 saturated heterocycles. The lowest BCUT2D eigenvalue weighted by molar-refractivity contribution is 0.416. The number of rotatable bonds is 4. The van der Waals surface area contributed by atoms with Crippen molar-refractivity contribution in [3.8, 4) is 5.75 Å². The number of methoxy groups -OCH3 is 1. The second-order valence-corrected chi connectivity index (χ2v) is 5.63. The molecule has 1 N–H and O–H groups in total. The lowest BCUT2D eigenvalue weighted by Crippen LogP contribution is -2.17. The Morgan fingerprint density at radius 3 is 2.78 bits per heavy atom. The van der Waals surface area contributed by atoms with E-state index >= 15 is 0 Å². The Labute approximate surface area is 118 Å². The van der Waals surface area contributed by atoms with E-state index in [1.807, 2.05) is 18.5 Å². The maximum Gasteiger partial charge on any atom is 0.129 e. The number of thiophene rings is 1. The van der Waals surface area contributed by atoms with Crippen LogP contribution >= 0.6 is 27.3 Å². The quantitative estimate of drug-likeness (QED) is 0.916. The molecular weight excluding hydrogens is 317 g/mol. The Kier molecular flexibility index (Phi) is 4.37. The number of nitrogens with one attached hydrogen (secondary N) is 1. The molecular formula is C13H13BrFNOS. The van der Waals surface area contributed by atoms with Gasteiger partial charge in [0.2, 0.25) is 0 Å². The van der Waals surface area contributed by atoms with E-state index in [0.29, 0.717) is 5.56 Å². The molecule has 2 rings (SSSR count). The van der Waals surface area contributed by atoms with Crippen molar-refractivity contribution in [2.24, 2.45) is 0 Å². The van der Waals surface area contributed by atoms with Crippen LogP contribution in [-0.4, -0.2) is 14.2 Å². The van der Waals surface area contributed by atoms with Gasteiger partial charge in [-0.3, -0.25) is 0 Å². The fraction of sp³-hybridized carbons (Fsp3) is 0.231. The van der Waals surface area contributed by atoms with Gasteiger partial charge in [-0.1, -0.05) is 15.9 Å². The van der Waals surface area contributed by atoms with Gasteiger partial charge in [0, 0.05) is 20.3 Å². The van der Waals surface area contributed by atoms with Crippen molar-refractivity contribution in [2.45, 2.75) is 6.04 Å². The van der Waals surface area contributed by atoms with Gasteiger partial charge in [0.05, 0.1) is 13.2 Å². The van der Waals surface area contributed by atoms with E-state index in [0.717, 1.165) is 15.1 Å². The van der Waals surface area contributed by atoms with E-state index in [4.69, 9.17) is 4.74 Å². The number of hydrogen-bond acceptors (Lipinski definition) is 3. The number of halogens is 2. The van der Waals surface area contributed by atoms with Crippen LogP contribution < -0.4 is 10.1 Å². The van der Waals surface area contributed by atoms with Gasteiger partial charge in [0.25, 0.3) is 0 Å². The molecule has 1 atom stereocenters. The van der Waals surface area contributed by atoms with Crippen LogP contribution in [0.1, 0.15) is 16.5 Å². The van der Waals surface area contributed by atoms with E-state index in [1.54, 1.807) is 30.6 Å². The predicted octanol–water partition coefficient (Wildman–Crippen LogP) is 3.97. The zero-order valence-electron chi connectivity index (χ0n) is 10.0. The van der Waals surface area contributed by atoms with Crippen molar-refractivity contribution < 1.29 is 9.13 Å². The highest BCUT2D eigenvalue weighted by Crippen LogP contribution is 2.33. The second-order valence-electron chi connectivity index (χ2n) is 3.78. The summed E-state index contributed by atoms with van der Waals surface area (Å²) >= 11 is 4.92. The summed E-state index contributed by atoms with van der Waals surface area (Å²) in [7, 11) is 3.44. The molecule has 18 heavy (non-hydrogen) atoms. The predicted molar refractivity (Wildman–Crippen MR) is 75.9 cm³/mol. The molecule has 0 aliphatic carbocycles. The molecule has 0 aliphatic heterocycles. The van der Waals surface area contributed by atoms with Crippen molar-refractivity contribution in [1.29, 1.82) is 0 Å². The summed E-state index contributed by atoms with van der Waals surface area (Å²) < 4.78 is 19.9. The molecule has 1 unspecified atom stereocenters. The van der Waals surface area contributed by atoms with Gasteiger partial charge in [0.15, 0.2) is 0 Å². The van der Waals surface area contributed by atoms with Gasteiger partial charge in [-0.05, 0) is 31.3 Å². The van der Waals surface area contributed by atoms with Crippen molar-refractivity contribution in [1.82, 2.24) is 5.32 Å². The topological polar surface area (TPSA) is 21.3 Å². The third kappa shape index (κ3) is 2.74. The molecule has 5 heteroatoms. The van der Waals surface area contributed by atoms with Gasteiger partial charge >= 0.3 is 0 Å². The van der Waals surface area contributed by atoms with E-state index in [-0.39, 0.29) is 11.9 Å². The molecule has 1 aromatic heterocycles. The first-order valence-electron chi connectivity index (χ1n) is 5.40. The van der Waals surface area contributed by atoms with E-state index in [1.165, 1.54) is 6.07 Å². The number of ether oxygens (including phenoxy) is 1. The molecule has 0 bridgehead atoms. The van der Waals surface area contributed by atoms with Crippen LogP contribution in [-0.2, 0) is 0 Å². The zero-order valence-corrected chi connectivity index (χ0v) is 12.4. The zero-order chi connectivity index (χ0) is 13.1. The van der Waals surface area contributed by atoms with Crippen molar-refractivity contribution in [2.75, 3.05) is 14.2 Å². The van der Waals surface area contributed by atoms with Crippen LogP contribution in [0, 0.1) is 5.82 Å². The van der Waals surface area contributed by atoms with Crippen LogP contribution in [0.15, 0.2) is 34.1 Å². The first-order valence-corrected chi connectivity index (χ1v) is 7.07. The summed E-state index contributed by atoms with van der Waals surface area (Å²) in [6, 6.07) is 6.71. The molecule has 0 radical (unpaired) electrons. The highest BCUT2D eigenvalue weighted by atomic mass is 79.9. The summed E-state index contributed by atoms with van der Waals surface area (Å²) in [5.74, 6) is 0.579. The first kappa shape index (κ1) is 13.5. The summed E-state index contributed by atoms with van der Waals surface area (Å²) in [6.07, 6.45) is 0. The van der Waals surface area contributed by atoms with Gasteiger partial charge in [-0.15, -0.1) is 11.3 Å². The normalized spacial score (nSPS) is 12.4. The summed E-state index contributed by atoms with van der Waals surface area (Å²) in [4.78, 5) is 1.02. The lowest BCUT2D eigenvalue weighted by atomic mass is 10.1. The minimum absolute atomic E-state index is 0.170. The molecule has 1 heterocycles. The van der Waals surface area contributed by atoms with Crippen molar-refractivity contribution >= 4 is 27.3 Å². The van der Waals surface area contributed by atoms with Crippen LogP contribution in [0.25, 0.3) is 0 Å². The van der Waals surface area contributed by atoms with Gasteiger partial charge < -0.3 is 10.1 Å². The third-order valence-electron chi connectivity index (χ3n) is 2.67. The molecule has 96 valence electrons. The molecule has 2 nitrogen and oxygen atoms in total. The van der Waals surface area contributed by atoms with Crippen LogP contribution in [0.3, 0.4) is 0 Å². The maximum absolute atomic E-state index is 13.9. The molecule has 0 aliphatic rings. The van der Waals surface area contributed by atoms with E-state index in [2.05, 4.69) is 21.2 Å². The standard InChI is InChI=1S/C13H13BrFNOS/c1-16-13(12-6-9(17-2)7-18-12)10-5-8(14)3-4-11(10)15/h3-7,13,16H,1-2H3. The maximum atomic E-state index is 13.9. The number of hydrogen-bond donors (Lipinski definition) is 1. The highest BCUT2D eigenvalue weighted by Gasteiger charge is 2.18. The van der Waals surface area contributed by atoms with Gasteiger partial charge in [-0.2, -0.15) is 0 Å². The Morgan fingerprint density at radius 1 is 1.39 bits per heavy atom. The monoisotopic (exact) mass is 329 g/mol. The summed E-state index contributed by atoms with van der Waals surface area (Å²) in [5, 5.41) is 5.05. The largest absolute Gasteiger partial charge is 0.496 e. The van der Waals surface area contributed by atoms with E-state index < -0.39 is 0 Å². The first-order chi connectivity index (χ1) is 8.65. The fourth-order valence-corrected chi connectivity index (χ4v) is 3.14. The Balaban J connectivity index is 2.41. The Hall–Kier alpha value is -0.910. The Morgan fingerprint density at radius 2 is 2.17 bits per heavy atom. The molecule has 0 fully saturated rings. The molecule has 2 aromatic rings. The molecule has 0 saturated carbocycles. The molecule has 1 aromatic carbocycles. The second kappa shape index (κ2) is 5.82. The summed E-state index contributed by atoms with van der Waals surface area (Å²) in [6.45, 7) is 0. The van der Waals surface area contributed by atoms with E-state index in [9.17, 15) is 4.39 Å². The smallest absolute Gasteiger partial charge is 0.129 e. The highest BCUT2D eigenvalue weighted by molar-refractivity contribution is 9.10. The lowest BCUT2D eigenvalue weighted by Gasteiger charge is -2.16. The summed E-state index contributed by atoms with van der Waals surface area (Å²) in [5.41, 5.74) is 0.622. The van der Waals surface area contributed by atoms with Crippen molar-refractivity contribution in [3.05, 3.63) is 50.4 Å². The van der Waals surface area contributed by atoms with Gasteiger partial charge in [-0.25, -0.2) is 4.39 Å². The fourth-order valence-electron chi connectivity index (χ4n) is 1.78. The van der Waals surface area contributed by atoms with Gasteiger partial charge in [0.1, 0.15) is 11.6 Å². The van der Waals surface area contributed by atoms with Crippen LogP contribution in [0.5, 0.6) is 5.75 Å². The average Bonchev–Trinajstić information content (AvgIpc) is 2.83. The third-order valence-corrected chi connectivity index (χ3v) is 4.14. The average molecular weight is 330 g/mol. The Bertz CT molecular complexity index is 544. The SMILES string of the molecule is CNC(c1cc(OC)cs1)c1cc(Br)ccc1F. The number of benzene rings is 1. The molecule has 0 spiro atoms. The molecule has 0 amide bonds. The van der Waals surface area contributed by atoms with Crippen molar-refractivity contribution in [3.63, 3.8) is 0 Å². The minimum atomic E-state index is -0.218. The van der Waals surface area contributed by atoms with Crippen LogP contribution in [0.2, 0.25) is 0 Å². The minimum Gasteiger partial charge on any atom is -0.496 e.